The largest absolute Gasteiger partial charge is 0.489 e. The van der Waals surface area contributed by atoms with Gasteiger partial charge in [0.05, 0.1) is 16.6 Å². The topological polar surface area (TPSA) is 79.5 Å². The van der Waals surface area contributed by atoms with Crippen LogP contribution >= 0.6 is 62.2 Å². The Balaban J connectivity index is 1.45. The van der Waals surface area contributed by atoms with E-state index in [0.717, 1.165) is 21.4 Å². The van der Waals surface area contributed by atoms with Crippen LogP contribution in [-0.4, -0.2) is 22.0 Å². The van der Waals surface area contributed by atoms with Crippen LogP contribution in [-0.2, 0) is 16.2 Å². The van der Waals surface area contributed by atoms with E-state index in [1.807, 2.05) is 36.4 Å². The van der Waals surface area contributed by atoms with Crippen molar-refractivity contribution in [3.63, 3.8) is 0 Å². The second-order valence-corrected chi connectivity index (χ2v) is 12.8. The lowest BCUT2D eigenvalue weighted by atomic mass is 9.82. The van der Waals surface area contributed by atoms with Gasteiger partial charge in [0.1, 0.15) is 17.6 Å². The molecule has 0 unspecified atom stereocenters. The third kappa shape index (κ3) is 4.60. The number of rotatable bonds is 5. The second-order valence-electron chi connectivity index (χ2n) is 8.84. The molecule has 2 aliphatic rings. The minimum Gasteiger partial charge on any atom is -0.489 e. The lowest BCUT2D eigenvalue weighted by Crippen LogP contribution is -2.32. The number of halogens is 3. The van der Waals surface area contributed by atoms with E-state index >= 15 is 0 Å². The minimum atomic E-state index is -0.732. The second kappa shape index (κ2) is 10.2. The number of hydrogen-bond donors (Lipinski definition) is 1. The highest BCUT2D eigenvalue weighted by Crippen LogP contribution is 2.54. The molecule has 2 amide bonds. The van der Waals surface area contributed by atoms with Crippen molar-refractivity contribution in [3.8, 4) is 5.75 Å². The molecule has 4 aromatic rings. The summed E-state index contributed by atoms with van der Waals surface area (Å²) >= 11 is 18.0. The van der Waals surface area contributed by atoms with E-state index < -0.39 is 17.1 Å². The van der Waals surface area contributed by atoms with Crippen molar-refractivity contribution in [1.82, 2.24) is 4.98 Å². The summed E-state index contributed by atoms with van der Waals surface area (Å²) in [4.78, 5) is 44.6. The standard InChI is InChI=1S/C27H17BrCl2N2O4S2/c28-14-4-9-19(36-12-13-2-1-3-16(30)10-13)18(11-14)20-21-23(37-24-22(20)38-27(35)31-24)26(34)32(25(21)33)17-7-5-15(29)6-8-17/h1-11,20-21,23H,12H2,(H,31,35)/t20-,21-,23+/m0/s1. The number of ether oxygens (including phenoxy) is 1. The number of fused-ring (bicyclic) bond motifs is 2. The van der Waals surface area contributed by atoms with Crippen LogP contribution in [0.25, 0.3) is 0 Å². The van der Waals surface area contributed by atoms with Gasteiger partial charge in [-0.2, -0.15) is 0 Å². The zero-order valence-corrected chi connectivity index (χ0v) is 24.1. The number of anilines is 1. The number of imide groups is 1. The van der Waals surface area contributed by atoms with Gasteiger partial charge in [0.15, 0.2) is 0 Å². The van der Waals surface area contributed by atoms with Gasteiger partial charge in [0, 0.05) is 30.9 Å². The molecule has 1 fully saturated rings. The first kappa shape index (κ1) is 25.7. The molecule has 3 atom stereocenters. The van der Waals surface area contributed by atoms with Crippen LogP contribution in [0, 0.1) is 5.92 Å². The summed E-state index contributed by atoms with van der Waals surface area (Å²) in [6.07, 6.45) is 0. The summed E-state index contributed by atoms with van der Waals surface area (Å²) in [5, 5.41) is 1.01. The molecule has 6 nitrogen and oxygen atoms in total. The Bertz CT molecular complexity index is 1640. The molecule has 6 rings (SSSR count). The number of carbonyl (C=O) groups excluding carboxylic acids is 2. The van der Waals surface area contributed by atoms with Crippen LogP contribution in [0.2, 0.25) is 10.0 Å². The maximum Gasteiger partial charge on any atom is 0.305 e. The molecule has 11 heteroatoms. The van der Waals surface area contributed by atoms with Crippen molar-refractivity contribution in [2.75, 3.05) is 4.90 Å². The first-order valence-corrected chi connectivity index (χ1v) is 14.7. The van der Waals surface area contributed by atoms with Crippen molar-refractivity contribution in [2.45, 2.75) is 22.8 Å². The van der Waals surface area contributed by atoms with Gasteiger partial charge in [-0.15, -0.1) is 0 Å². The highest BCUT2D eigenvalue weighted by molar-refractivity contribution is 9.10. The predicted molar refractivity (Wildman–Crippen MR) is 154 cm³/mol. The quantitative estimate of drug-likeness (QED) is 0.239. The monoisotopic (exact) mass is 646 g/mol. The molecule has 0 bridgehead atoms. The summed E-state index contributed by atoms with van der Waals surface area (Å²) in [5.41, 5.74) is 2.06. The van der Waals surface area contributed by atoms with E-state index in [9.17, 15) is 14.4 Å². The Morgan fingerprint density at radius 3 is 2.50 bits per heavy atom. The number of H-pyrrole nitrogens is 1. The van der Waals surface area contributed by atoms with Gasteiger partial charge >= 0.3 is 4.87 Å². The molecule has 1 aromatic heterocycles. The first-order valence-electron chi connectivity index (χ1n) is 11.5. The molecule has 1 N–H and O–H groups in total. The number of thiazole rings is 1. The molecule has 0 spiro atoms. The van der Waals surface area contributed by atoms with Crippen LogP contribution in [0.5, 0.6) is 5.75 Å². The summed E-state index contributed by atoms with van der Waals surface area (Å²) in [5.74, 6) is -1.40. The Morgan fingerprint density at radius 2 is 1.74 bits per heavy atom. The van der Waals surface area contributed by atoms with Crippen molar-refractivity contribution in [3.05, 3.63) is 107 Å². The summed E-state index contributed by atoms with van der Waals surface area (Å²) < 4.78 is 7.03. The van der Waals surface area contributed by atoms with Crippen molar-refractivity contribution in [1.29, 1.82) is 0 Å². The zero-order chi connectivity index (χ0) is 26.6. The Labute approximate surface area is 244 Å². The smallest absolute Gasteiger partial charge is 0.305 e. The molecule has 0 saturated carbocycles. The molecule has 3 heterocycles. The molecular formula is C27H17BrCl2N2O4S2. The van der Waals surface area contributed by atoms with E-state index in [2.05, 4.69) is 20.9 Å². The molecule has 192 valence electrons. The average Bonchev–Trinajstić information content (AvgIpc) is 3.38. The number of carbonyl (C=O) groups is 2. The van der Waals surface area contributed by atoms with E-state index in [1.165, 1.54) is 16.7 Å². The fourth-order valence-electron chi connectivity index (χ4n) is 4.88. The van der Waals surface area contributed by atoms with Gasteiger partial charge < -0.3 is 9.72 Å². The lowest BCUT2D eigenvalue weighted by molar-refractivity contribution is -0.122. The van der Waals surface area contributed by atoms with Crippen LogP contribution in [0.4, 0.5) is 5.69 Å². The van der Waals surface area contributed by atoms with Gasteiger partial charge in [0.2, 0.25) is 11.8 Å². The van der Waals surface area contributed by atoms with Gasteiger partial charge in [-0.1, -0.05) is 74.4 Å². The fraction of sp³-hybridized carbons (Fsp3) is 0.148. The number of nitrogens with one attached hydrogen (secondary N) is 1. The number of hydrogen-bond acceptors (Lipinski definition) is 6. The number of aromatic amines is 1. The van der Waals surface area contributed by atoms with Crippen molar-refractivity contribution < 1.29 is 14.3 Å². The number of benzene rings is 3. The third-order valence-electron chi connectivity index (χ3n) is 6.50. The number of aromatic nitrogens is 1. The first-order chi connectivity index (χ1) is 18.3. The molecule has 3 aromatic carbocycles. The fourth-order valence-corrected chi connectivity index (χ4v) is 8.10. The number of amides is 2. The molecule has 38 heavy (non-hydrogen) atoms. The molecule has 0 radical (unpaired) electrons. The van der Waals surface area contributed by atoms with E-state index in [-0.39, 0.29) is 23.3 Å². The van der Waals surface area contributed by atoms with Crippen LogP contribution in [0.1, 0.15) is 21.9 Å². The Hall–Kier alpha value is -2.56. The van der Waals surface area contributed by atoms with E-state index in [0.29, 0.717) is 36.9 Å². The summed E-state index contributed by atoms with van der Waals surface area (Å²) in [7, 11) is 0. The summed E-state index contributed by atoms with van der Waals surface area (Å²) in [6.45, 7) is 0.255. The van der Waals surface area contributed by atoms with Gasteiger partial charge in [-0.25, -0.2) is 4.90 Å². The van der Waals surface area contributed by atoms with Gasteiger partial charge in [0.25, 0.3) is 0 Å². The van der Waals surface area contributed by atoms with E-state index in [4.69, 9.17) is 27.9 Å². The molecule has 0 aliphatic carbocycles. The SMILES string of the molecule is O=C1[C@H]2[C@H](c3cc(Br)ccc3OCc3cccc(Cl)c3)c3sc(=O)[nH]c3S[C@H]2C(=O)N1c1ccc(Cl)cc1. The Kier molecular flexibility index (Phi) is 6.90. The molecular weight excluding hydrogens is 631 g/mol. The maximum absolute atomic E-state index is 14.0. The van der Waals surface area contributed by atoms with Gasteiger partial charge in [-0.3, -0.25) is 14.4 Å². The van der Waals surface area contributed by atoms with E-state index in [1.54, 1.807) is 30.3 Å². The zero-order valence-electron chi connectivity index (χ0n) is 19.3. The number of nitrogens with zero attached hydrogens (tertiary/aromatic N) is 1. The molecule has 1 saturated heterocycles. The van der Waals surface area contributed by atoms with Crippen LogP contribution in [0.15, 0.2) is 81.0 Å². The third-order valence-corrected chi connectivity index (χ3v) is 9.88. The van der Waals surface area contributed by atoms with Crippen molar-refractivity contribution in [2.24, 2.45) is 5.92 Å². The maximum atomic E-state index is 14.0. The van der Waals surface area contributed by atoms with Crippen molar-refractivity contribution >= 4 is 79.7 Å². The highest BCUT2D eigenvalue weighted by atomic mass is 79.9. The Morgan fingerprint density at radius 1 is 0.947 bits per heavy atom. The summed E-state index contributed by atoms with van der Waals surface area (Å²) in [6, 6.07) is 19.6. The average molecular weight is 648 g/mol. The van der Waals surface area contributed by atoms with Crippen LogP contribution in [0.3, 0.4) is 0 Å². The minimum absolute atomic E-state index is 0.238. The molecule has 2 aliphatic heterocycles. The van der Waals surface area contributed by atoms with Crippen LogP contribution < -0.4 is 14.5 Å². The highest BCUT2D eigenvalue weighted by Gasteiger charge is 2.56. The predicted octanol–water partition coefficient (Wildman–Crippen LogP) is 6.88. The van der Waals surface area contributed by atoms with Gasteiger partial charge in [-0.05, 0) is 60.2 Å². The number of thioether (sulfide) groups is 1. The lowest BCUT2D eigenvalue weighted by Gasteiger charge is -2.31. The normalized spacial score (nSPS) is 20.4.